The lowest BCUT2D eigenvalue weighted by atomic mass is 10.0. The zero-order chi connectivity index (χ0) is 20.2. The third-order valence-corrected chi connectivity index (χ3v) is 5.37. The van der Waals surface area contributed by atoms with Gasteiger partial charge in [0.05, 0.1) is 12.6 Å². The van der Waals surface area contributed by atoms with E-state index in [0.717, 1.165) is 35.3 Å². The maximum Gasteiger partial charge on any atom is 0.232 e. The first-order valence-electron chi connectivity index (χ1n) is 9.94. The number of ether oxygens (including phenoxy) is 1. The van der Waals surface area contributed by atoms with E-state index < -0.39 is 0 Å². The van der Waals surface area contributed by atoms with Gasteiger partial charge >= 0.3 is 0 Å². The van der Waals surface area contributed by atoms with E-state index in [1.807, 2.05) is 40.8 Å². The molecule has 1 aromatic carbocycles. The lowest BCUT2D eigenvalue weighted by molar-refractivity contribution is -0.131. The summed E-state index contributed by atoms with van der Waals surface area (Å²) in [6.07, 6.45) is 6.03. The molecule has 7 nitrogen and oxygen atoms in total. The summed E-state index contributed by atoms with van der Waals surface area (Å²) in [5.74, 6) is 0.616. The number of hydrogen-bond acceptors (Lipinski definition) is 5. The Morgan fingerprint density at radius 2 is 2.10 bits per heavy atom. The van der Waals surface area contributed by atoms with Crippen molar-refractivity contribution in [3.8, 4) is 5.88 Å². The highest BCUT2D eigenvalue weighted by atomic mass is 16.5. The third-order valence-electron chi connectivity index (χ3n) is 5.37. The van der Waals surface area contributed by atoms with Crippen LogP contribution in [0.1, 0.15) is 35.0 Å². The van der Waals surface area contributed by atoms with Gasteiger partial charge in [-0.15, -0.1) is 0 Å². The van der Waals surface area contributed by atoms with Crippen LogP contribution in [-0.2, 0) is 37.3 Å². The van der Waals surface area contributed by atoms with Crippen LogP contribution in [0.5, 0.6) is 5.88 Å². The van der Waals surface area contributed by atoms with Gasteiger partial charge in [-0.1, -0.05) is 24.3 Å². The van der Waals surface area contributed by atoms with Crippen LogP contribution in [0.15, 0.2) is 42.9 Å². The second kappa shape index (κ2) is 8.43. The smallest absolute Gasteiger partial charge is 0.232 e. The van der Waals surface area contributed by atoms with Gasteiger partial charge in [-0.05, 0) is 25.0 Å². The van der Waals surface area contributed by atoms with E-state index in [1.54, 1.807) is 18.6 Å². The van der Waals surface area contributed by atoms with Crippen molar-refractivity contribution in [2.45, 2.75) is 46.4 Å². The predicted octanol–water partition coefficient (Wildman–Crippen LogP) is 2.71. The van der Waals surface area contributed by atoms with Gasteiger partial charge in [0, 0.05) is 49.7 Å². The Labute approximate surface area is 170 Å². The molecule has 4 rings (SSSR count). The minimum absolute atomic E-state index is 0.148. The molecule has 0 N–H and O–H groups in total. The monoisotopic (exact) mass is 391 g/mol. The molecule has 0 spiro atoms. The van der Waals surface area contributed by atoms with Gasteiger partial charge in [0.1, 0.15) is 12.3 Å². The van der Waals surface area contributed by atoms with E-state index in [1.165, 1.54) is 5.69 Å². The lowest BCUT2D eigenvalue weighted by Gasteiger charge is -2.28. The molecule has 1 aliphatic rings. The van der Waals surface area contributed by atoms with Gasteiger partial charge in [-0.2, -0.15) is 5.10 Å². The Balaban J connectivity index is 1.50. The normalized spacial score (nSPS) is 13.2. The Morgan fingerprint density at radius 3 is 2.86 bits per heavy atom. The van der Waals surface area contributed by atoms with Gasteiger partial charge in [0.15, 0.2) is 0 Å². The van der Waals surface area contributed by atoms with E-state index in [2.05, 4.69) is 16.9 Å². The van der Waals surface area contributed by atoms with Crippen LogP contribution in [0.2, 0.25) is 0 Å². The van der Waals surface area contributed by atoms with Crippen LogP contribution in [0.3, 0.4) is 0 Å². The first-order chi connectivity index (χ1) is 14.2. The highest BCUT2D eigenvalue weighted by molar-refractivity contribution is 5.79. The largest absolute Gasteiger partial charge is 0.470 e. The molecule has 0 bridgehead atoms. The average molecular weight is 391 g/mol. The number of amides is 1. The number of aryl methyl sites for hydroxylation is 2. The number of fused-ring (bicyclic) bond motifs is 1. The van der Waals surface area contributed by atoms with Crippen molar-refractivity contribution in [3.05, 3.63) is 70.9 Å². The first kappa shape index (κ1) is 19.1. The molecule has 2 aromatic heterocycles. The second-order valence-corrected chi connectivity index (χ2v) is 7.19. The van der Waals surface area contributed by atoms with Crippen molar-refractivity contribution in [2.24, 2.45) is 0 Å². The molecule has 0 aliphatic carbocycles. The summed E-state index contributed by atoms with van der Waals surface area (Å²) in [5.41, 5.74) is 5.39. The number of hydrogen-bond donors (Lipinski definition) is 0. The number of carbonyl (C=O) groups excluding carboxylic acids is 1. The van der Waals surface area contributed by atoms with Crippen molar-refractivity contribution >= 4 is 5.91 Å². The number of nitrogens with zero attached hydrogens (tertiary/aromatic N) is 5. The summed E-state index contributed by atoms with van der Waals surface area (Å²) >= 11 is 0. The molecule has 1 amide bonds. The van der Waals surface area contributed by atoms with Crippen LogP contribution < -0.4 is 4.74 Å². The molecule has 0 radical (unpaired) electrons. The molecular weight excluding hydrogens is 366 g/mol. The summed E-state index contributed by atoms with van der Waals surface area (Å²) in [5, 5.41) is 4.72. The highest BCUT2D eigenvalue weighted by Gasteiger charge is 2.27. The van der Waals surface area contributed by atoms with E-state index in [-0.39, 0.29) is 5.91 Å². The molecule has 150 valence electrons. The molecule has 7 heteroatoms. The van der Waals surface area contributed by atoms with Crippen LogP contribution in [-0.4, -0.2) is 37.1 Å². The van der Waals surface area contributed by atoms with Crippen LogP contribution in [0.4, 0.5) is 0 Å². The summed E-state index contributed by atoms with van der Waals surface area (Å²) in [4.78, 5) is 23.0. The summed E-state index contributed by atoms with van der Waals surface area (Å²) in [6.45, 7) is 6.52. The zero-order valence-corrected chi connectivity index (χ0v) is 16.8. The van der Waals surface area contributed by atoms with Gasteiger partial charge in [-0.3, -0.25) is 14.5 Å². The van der Waals surface area contributed by atoms with Gasteiger partial charge < -0.3 is 9.64 Å². The van der Waals surface area contributed by atoms with Crippen LogP contribution in [0.25, 0.3) is 0 Å². The standard InChI is InChI=1S/C22H25N5O2/c1-3-27-20-8-11-26(22(28)12-17-7-5-4-6-16(17)2)14-18(20)19(25-27)15-29-21-13-23-9-10-24-21/h4-7,9-10,13H,3,8,11-12,14-15H2,1-2H3. The van der Waals surface area contributed by atoms with Crippen molar-refractivity contribution in [1.29, 1.82) is 0 Å². The molecule has 29 heavy (non-hydrogen) atoms. The fraction of sp³-hybridized carbons (Fsp3) is 0.364. The van der Waals surface area contributed by atoms with E-state index in [0.29, 0.717) is 32.0 Å². The second-order valence-electron chi connectivity index (χ2n) is 7.19. The molecule has 3 heterocycles. The SMILES string of the molecule is CCn1nc(COc2cnccn2)c2c1CCN(C(=O)Cc1ccccc1C)C2. The maximum atomic E-state index is 12.9. The van der Waals surface area contributed by atoms with Crippen LogP contribution >= 0.6 is 0 Å². The molecule has 0 fully saturated rings. The number of benzene rings is 1. The molecule has 3 aromatic rings. The minimum Gasteiger partial charge on any atom is -0.470 e. The molecule has 1 aliphatic heterocycles. The average Bonchev–Trinajstić information content (AvgIpc) is 3.11. The zero-order valence-electron chi connectivity index (χ0n) is 16.8. The van der Waals surface area contributed by atoms with Crippen molar-refractivity contribution in [1.82, 2.24) is 24.6 Å². The number of rotatable bonds is 6. The first-order valence-corrected chi connectivity index (χ1v) is 9.94. The molecule has 0 unspecified atom stereocenters. The number of carbonyl (C=O) groups is 1. The topological polar surface area (TPSA) is 73.1 Å². The van der Waals surface area contributed by atoms with E-state index in [9.17, 15) is 4.79 Å². The van der Waals surface area contributed by atoms with Gasteiger partial charge in [-0.25, -0.2) is 4.98 Å². The summed E-state index contributed by atoms with van der Waals surface area (Å²) in [7, 11) is 0. The molecular formula is C22H25N5O2. The van der Waals surface area contributed by atoms with Crippen molar-refractivity contribution in [3.63, 3.8) is 0 Å². The van der Waals surface area contributed by atoms with E-state index in [4.69, 9.17) is 9.84 Å². The summed E-state index contributed by atoms with van der Waals surface area (Å²) < 4.78 is 7.79. The minimum atomic E-state index is 0.148. The highest BCUT2D eigenvalue weighted by Crippen LogP contribution is 2.24. The maximum absolute atomic E-state index is 12.9. The van der Waals surface area contributed by atoms with Crippen molar-refractivity contribution in [2.75, 3.05) is 6.54 Å². The Bertz CT molecular complexity index is 1000. The Hall–Kier alpha value is -3.22. The van der Waals surface area contributed by atoms with Gasteiger partial charge in [0.25, 0.3) is 0 Å². The third kappa shape index (κ3) is 4.13. The fourth-order valence-electron chi connectivity index (χ4n) is 3.74. The van der Waals surface area contributed by atoms with Gasteiger partial charge in [0.2, 0.25) is 11.8 Å². The van der Waals surface area contributed by atoms with Crippen molar-refractivity contribution < 1.29 is 9.53 Å². The Morgan fingerprint density at radius 1 is 1.24 bits per heavy atom. The number of aromatic nitrogens is 4. The fourth-order valence-corrected chi connectivity index (χ4v) is 3.74. The Kier molecular flexibility index (Phi) is 5.55. The molecule has 0 saturated heterocycles. The van der Waals surface area contributed by atoms with Crippen LogP contribution in [0, 0.1) is 6.92 Å². The molecule has 0 atom stereocenters. The summed E-state index contributed by atoms with van der Waals surface area (Å²) in [6, 6.07) is 8.05. The van der Waals surface area contributed by atoms with E-state index >= 15 is 0 Å². The molecule has 0 saturated carbocycles. The quantitative estimate of drug-likeness (QED) is 0.646. The lowest BCUT2D eigenvalue weighted by Crippen LogP contribution is -2.37. The predicted molar refractivity (Wildman–Crippen MR) is 108 cm³/mol.